The highest BCUT2D eigenvalue weighted by Crippen LogP contribution is 2.16. The third kappa shape index (κ3) is 6.36. The summed E-state index contributed by atoms with van der Waals surface area (Å²) < 4.78 is 5.89. The molecule has 0 aromatic heterocycles. The van der Waals surface area contributed by atoms with Crippen LogP contribution < -0.4 is 15.6 Å². The summed E-state index contributed by atoms with van der Waals surface area (Å²) in [6.45, 7) is 7.56. The number of hydrogen-bond donors (Lipinski definition) is 2. The van der Waals surface area contributed by atoms with E-state index in [1.807, 2.05) is 30.3 Å². The summed E-state index contributed by atoms with van der Waals surface area (Å²) in [6.07, 6.45) is 3.82. The van der Waals surface area contributed by atoms with Gasteiger partial charge >= 0.3 is 0 Å². The summed E-state index contributed by atoms with van der Waals surface area (Å²) in [5.41, 5.74) is 8.72. The smallest absolute Gasteiger partial charge is 0.119 e. The second-order valence-corrected chi connectivity index (χ2v) is 7.24. The molecule has 0 aliphatic carbocycles. The Kier molecular flexibility index (Phi) is 7.35. The number of hydrazine groups is 1. The van der Waals surface area contributed by atoms with Crippen molar-refractivity contribution in [2.45, 2.75) is 32.7 Å². The number of ether oxygens (including phenoxy) is 1. The molecule has 4 heteroatoms. The molecule has 1 aliphatic rings. The molecule has 4 nitrogen and oxygen atoms in total. The van der Waals surface area contributed by atoms with Crippen LogP contribution >= 0.6 is 0 Å². The number of rotatable bonds is 9. The van der Waals surface area contributed by atoms with Crippen LogP contribution in [0.25, 0.3) is 0 Å². The monoisotopic (exact) mass is 353 g/mol. The number of likely N-dealkylation sites (tertiary alicyclic amines) is 1. The fraction of sp³-hybridized carbons (Fsp3) is 0.455. The highest BCUT2D eigenvalue weighted by Gasteiger charge is 2.15. The van der Waals surface area contributed by atoms with Gasteiger partial charge in [-0.05, 0) is 61.6 Å². The SMILES string of the molecule is CC1CCCN(CCCOc2ccc(CNNc3ccccc3)cc2)C1. The van der Waals surface area contributed by atoms with Crippen LogP contribution in [0, 0.1) is 5.92 Å². The van der Waals surface area contributed by atoms with Crippen LogP contribution in [0.2, 0.25) is 0 Å². The molecule has 1 atom stereocenters. The van der Waals surface area contributed by atoms with Crippen molar-refractivity contribution < 1.29 is 4.74 Å². The number of nitrogens with one attached hydrogen (secondary N) is 2. The highest BCUT2D eigenvalue weighted by molar-refractivity contribution is 5.41. The van der Waals surface area contributed by atoms with Crippen molar-refractivity contribution in [1.29, 1.82) is 0 Å². The molecule has 0 saturated carbocycles. The number of hydrogen-bond acceptors (Lipinski definition) is 4. The molecule has 1 aliphatic heterocycles. The first kappa shape index (κ1) is 18.7. The number of benzene rings is 2. The fourth-order valence-electron chi connectivity index (χ4n) is 3.44. The van der Waals surface area contributed by atoms with Gasteiger partial charge in [-0.2, -0.15) is 0 Å². The molecule has 2 aromatic rings. The van der Waals surface area contributed by atoms with E-state index in [2.05, 4.69) is 46.9 Å². The van der Waals surface area contributed by atoms with Crippen molar-refractivity contribution in [2.75, 3.05) is 31.7 Å². The molecule has 0 bridgehead atoms. The standard InChI is InChI=1S/C22H31N3O/c1-19-7-5-14-25(18-19)15-6-16-26-22-12-10-20(11-13-22)17-23-24-21-8-3-2-4-9-21/h2-4,8-13,19,23-24H,5-7,14-18H2,1H3. The quantitative estimate of drug-likeness (QED) is 0.520. The zero-order chi connectivity index (χ0) is 18.0. The summed E-state index contributed by atoms with van der Waals surface area (Å²) in [6, 6.07) is 18.5. The van der Waals surface area contributed by atoms with Crippen molar-refractivity contribution in [3.63, 3.8) is 0 Å². The summed E-state index contributed by atoms with van der Waals surface area (Å²) in [4.78, 5) is 2.58. The molecular formula is C22H31N3O. The third-order valence-corrected chi connectivity index (χ3v) is 4.85. The van der Waals surface area contributed by atoms with E-state index in [4.69, 9.17) is 4.74 Å². The lowest BCUT2D eigenvalue weighted by Crippen LogP contribution is -2.35. The molecule has 2 N–H and O–H groups in total. The van der Waals surface area contributed by atoms with E-state index in [-0.39, 0.29) is 0 Å². The third-order valence-electron chi connectivity index (χ3n) is 4.85. The second-order valence-electron chi connectivity index (χ2n) is 7.24. The second kappa shape index (κ2) is 10.2. The summed E-state index contributed by atoms with van der Waals surface area (Å²) in [5.74, 6) is 1.80. The van der Waals surface area contributed by atoms with E-state index in [0.29, 0.717) is 0 Å². The predicted octanol–water partition coefficient (Wildman–Crippen LogP) is 4.30. The average Bonchev–Trinajstić information content (AvgIpc) is 2.67. The van der Waals surface area contributed by atoms with E-state index < -0.39 is 0 Å². The van der Waals surface area contributed by atoms with Crippen molar-refractivity contribution in [2.24, 2.45) is 5.92 Å². The summed E-state index contributed by atoms with van der Waals surface area (Å²) in [7, 11) is 0. The van der Waals surface area contributed by atoms with Crippen molar-refractivity contribution in [3.05, 3.63) is 60.2 Å². The maximum Gasteiger partial charge on any atom is 0.119 e. The number of anilines is 1. The zero-order valence-electron chi connectivity index (χ0n) is 15.8. The summed E-state index contributed by atoms with van der Waals surface area (Å²) >= 11 is 0. The van der Waals surface area contributed by atoms with Gasteiger partial charge in [0.25, 0.3) is 0 Å². The van der Waals surface area contributed by atoms with Gasteiger partial charge in [-0.25, -0.2) is 5.43 Å². The first-order chi connectivity index (χ1) is 12.8. The Labute approximate surface area is 157 Å². The minimum atomic E-state index is 0.766. The molecule has 0 amide bonds. The van der Waals surface area contributed by atoms with Gasteiger partial charge in [-0.3, -0.25) is 0 Å². The molecule has 0 radical (unpaired) electrons. The van der Waals surface area contributed by atoms with Crippen LogP contribution in [-0.4, -0.2) is 31.1 Å². The van der Waals surface area contributed by atoms with Gasteiger partial charge < -0.3 is 15.1 Å². The van der Waals surface area contributed by atoms with Crippen LogP contribution in [0.1, 0.15) is 31.7 Å². The van der Waals surface area contributed by atoms with Crippen LogP contribution in [0.3, 0.4) is 0 Å². The normalized spacial score (nSPS) is 17.8. The van der Waals surface area contributed by atoms with Gasteiger partial charge in [0.05, 0.1) is 6.61 Å². The van der Waals surface area contributed by atoms with E-state index in [0.717, 1.165) is 43.5 Å². The minimum Gasteiger partial charge on any atom is -0.494 e. The average molecular weight is 354 g/mol. The van der Waals surface area contributed by atoms with Crippen molar-refractivity contribution in [3.8, 4) is 5.75 Å². The molecule has 26 heavy (non-hydrogen) atoms. The minimum absolute atomic E-state index is 0.766. The molecular weight excluding hydrogens is 322 g/mol. The molecule has 1 unspecified atom stereocenters. The lowest BCUT2D eigenvalue weighted by molar-refractivity contribution is 0.170. The molecule has 1 saturated heterocycles. The van der Waals surface area contributed by atoms with E-state index in [1.54, 1.807) is 0 Å². The molecule has 0 spiro atoms. The Morgan fingerprint density at radius 3 is 2.65 bits per heavy atom. The van der Waals surface area contributed by atoms with Gasteiger partial charge in [0, 0.05) is 25.3 Å². The molecule has 140 valence electrons. The Morgan fingerprint density at radius 2 is 1.88 bits per heavy atom. The Morgan fingerprint density at radius 1 is 1.08 bits per heavy atom. The maximum absolute atomic E-state index is 5.89. The predicted molar refractivity (Wildman–Crippen MR) is 108 cm³/mol. The van der Waals surface area contributed by atoms with E-state index in [9.17, 15) is 0 Å². The van der Waals surface area contributed by atoms with Gasteiger partial charge in [0.2, 0.25) is 0 Å². The first-order valence-electron chi connectivity index (χ1n) is 9.77. The number of nitrogens with zero attached hydrogens (tertiary/aromatic N) is 1. The number of para-hydroxylation sites is 1. The topological polar surface area (TPSA) is 36.5 Å². The van der Waals surface area contributed by atoms with Crippen LogP contribution in [0.4, 0.5) is 5.69 Å². The molecule has 2 aromatic carbocycles. The zero-order valence-corrected chi connectivity index (χ0v) is 15.8. The van der Waals surface area contributed by atoms with Crippen LogP contribution in [-0.2, 0) is 6.54 Å². The highest BCUT2D eigenvalue weighted by atomic mass is 16.5. The lowest BCUT2D eigenvalue weighted by atomic mass is 10.0. The fourth-order valence-corrected chi connectivity index (χ4v) is 3.44. The van der Waals surface area contributed by atoms with Gasteiger partial charge in [-0.15, -0.1) is 0 Å². The van der Waals surface area contributed by atoms with E-state index in [1.165, 1.54) is 31.5 Å². The Hall–Kier alpha value is -2.04. The van der Waals surface area contributed by atoms with Crippen molar-refractivity contribution >= 4 is 5.69 Å². The first-order valence-corrected chi connectivity index (χ1v) is 9.77. The molecule has 1 heterocycles. The van der Waals surface area contributed by atoms with Gasteiger partial charge in [0.15, 0.2) is 0 Å². The lowest BCUT2D eigenvalue weighted by Gasteiger charge is -2.30. The van der Waals surface area contributed by atoms with Crippen molar-refractivity contribution in [1.82, 2.24) is 10.3 Å². The molecule has 1 fully saturated rings. The van der Waals surface area contributed by atoms with Crippen LogP contribution in [0.15, 0.2) is 54.6 Å². The van der Waals surface area contributed by atoms with E-state index >= 15 is 0 Å². The summed E-state index contributed by atoms with van der Waals surface area (Å²) in [5, 5.41) is 0. The molecule has 3 rings (SSSR count). The largest absolute Gasteiger partial charge is 0.494 e. The Bertz CT molecular complexity index is 630. The number of piperidine rings is 1. The van der Waals surface area contributed by atoms with Gasteiger partial charge in [-0.1, -0.05) is 37.3 Å². The van der Waals surface area contributed by atoms with Crippen LogP contribution in [0.5, 0.6) is 5.75 Å². The maximum atomic E-state index is 5.89. The van der Waals surface area contributed by atoms with Gasteiger partial charge in [0.1, 0.15) is 5.75 Å². The Balaban J connectivity index is 1.31.